The Kier molecular flexibility index (Phi) is 4.29. The van der Waals surface area contributed by atoms with Gasteiger partial charge in [0.2, 0.25) is 15.9 Å². The highest BCUT2D eigenvalue weighted by molar-refractivity contribution is 7.89. The van der Waals surface area contributed by atoms with Crippen molar-refractivity contribution in [2.75, 3.05) is 6.54 Å². The van der Waals surface area contributed by atoms with Gasteiger partial charge in [0.1, 0.15) is 16.1 Å². The number of hydrogen-bond donors (Lipinski definition) is 2. The maximum atomic E-state index is 12.1. The van der Waals surface area contributed by atoms with Gasteiger partial charge in [-0.15, -0.1) is 0 Å². The maximum absolute atomic E-state index is 12.1. The Labute approximate surface area is 120 Å². The van der Waals surface area contributed by atoms with Gasteiger partial charge in [-0.25, -0.2) is 13.4 Å². The fraction of sp³-hybridized carbons (Fsp3) is 0.400. The van der Waals surface area contributed by atoms with E-state index in [4.69, 9.17) is 23.2 Å². The SMILES string of the molecule is O=C1NCCCC1NS(=O)(=O)c1cnc(Cl)c(Cl)c1. The second-order valence-corrected chi connectivity index (χ2v) is 6.53. The number of carbonyl (C=O) groups excluding carboxylic acids is 1. The summed E-state index contributed by atoms with van der Waals surface area (Å²) in [5.74, 6) is -0.331. The van der Waals surface area contributed by atoms with Gasteiger partial charge >= 0.3 is 0 Å². The molecular weight excluding hydrogens is 313 g/mol. The van der Waals surface area contributed by atoms with Gasteiger partial charge in [-0.05, 0) is 18.9 Å². The Morgan fingerprint density at radius 2 is 2.16 bits per heavy atom. The van der Waals surface area contributed by atoms with Crippen LogP contribution in [0.15, 0.2) is 17.2 Å². The summed E-state index contributed by atoms with van der Waals surface area (Å²) in [7, 11) is -3.85. The average Bonchev–Trinajstić information content (AvgIpc) is 2.35. The topological polar surface area (TPSA) is 88.2 Å². The lowest BCUT2D eigenvalue weighted by Gasteiger charge is -2.22. The first-order chi connectivity index (χ1) is 8.90. The summed E-state index contributed by atoms with van der Waals surface area (Å²) in [6, 6.07) is 0.424. The van der Waals surface area contributed by atoms with Gasteiger partial charge in [0.15, 0.2) is 0 Å². The molecule has 1 aromatic heterocycles. The van der Waals surface area contributed by atoms with Crippen LogP contribution in [0.5, 0.6) is 0 Å². The minimum Gasteiger partial charge on any atom is -0.355 e. The fourth-order valence-electron chi connectivity index (χ4n) is 1.69. The number of amides is 1. The number of rotatable bonds is 3. The van der Waals surface area contributed by atoms with E-state index in [9.17, 15) is 13.2 Å². The first-order valence-corrected chi connectivity index (χ1v) is 7.75. The van der Waals surface area contributed by atoms with Gasteiger partial charge < -0.3 is 5.32 Å². The first-order valence-electron chi connectivity index (χ1n) is 5.51. The summed E-state index contributed by atoms with van der Waals surface area (Å²) in [6.45, 7) is 0.561. The molecule has 6 nitrogen and oxygen atoms in total. The second-order valence-electron chi connectivity index (χ2n) is 4.05. The number of pyridine rings is 1. The summed E-state index contributed by atoms with van der Waals surface area (Å²) in [4.78, 5) is 15.1. The van der Waals surface area contributed by atoms with E-state index in [2.05, 4.69) is 15.0 Å². The third-order valence-electron chi connectivity index (χ3n) is 2.66. The Bertz CT molecular complexity index is 606. The molecule has 1 aromatic rings. The first kappa shape index (κ1) is 14.5. The summed E-state index contributed by atoms with van der Waals surface area (Å²) in [6.07, 6.45) is 2.27. The molecule has 2 heterocycles. The molecule has 1 fully saturated rings. The smallest absolute Gasteiger partial charge is 0.242 e. The predicted molar refractivity (Wildman–Crippen MR) is 70.6 cm³/mol. The van der Waals surface area contributed by atoms with Gasteiger partial charge in [-0.3, -0.25) is 4.79 Å². The highest BCUT2D eigenvalue weighted by Crippen LogP contribution is 2.22. The summed E-state index contributed by atoms with van der Waals surface area (Å²) in [5, 5.41) is 2.66. The highest BCUT2D eigenvalue weighted by Gasteiger charge is 2.28. The monoisotopic (exact) mass is 323 g/mol. The van der Waals surface area contributed by atoms with Crippen molar-refractivity contribution in [2.45, 2.75) is 23.8 Å². The second kappa shape index (κ2) is 5.62. The van der Waals surface area contributed by atoms with Gasteiger partial charge in [0.25, 0.3) is 0 Å². The lowest BCUT2D eigenvalue weighted by atomic mass is 10.1. The maximum Gasteiger partial charge on any atom is 0.242 e. The van der Waals surface area contributed by atoms with Gasteiger partial charge in [-0.1, -0.05) is 23.2 Å². The van der Waals surface area contributed by atoms with E-state index in [0.29, 0.717) is 13.0 Å². The largest absolute Gasteiger partial charge is 0.355 e. The van der Waals surface area contributed by atoms with Crippen molar-refractivity contribution in [2.24, 2.45) is 0 Å². The molecule has 2 N–H and O–H groups in total. The van der Waals surface area contributed by atoms with Crippen LogP contribution >= 0.6 is 23.2 Å². The van der Waals surface area contributed by atoms with E-state index in [0.717, 1.165) is 12.6 Å². The van der Waals surface area contributed by atoms with Crippen molar-refractivity contribution in [1.29, 1.82) is 0 Å². The number of carbonyl (C=O) groups is 1. The quantitative estimate of drug-likeness (QED) is 0.810. The highest BCUT2D eigenvalue weighted by atomic mass is 35.5. The summed E-state index contributed by atoms with van der Waals surface area (Å²) in [5.41, 5.74) is 0. The van der Waals surface area contributed by atoms with Crippen molar-refractivity contribution in [3.05, 3.63) is 22.4 Å². The lowest BCUT2D eigenvalue weighted by Crippen LogP contribution is -2.50. The zero-order valence-corrected chi connectivity index (χ0v) is 12.0. The molecule has 1 saturated heterocycles. The van der Waals surface area contributed by atoms with E-state index >= 15 is 0 Å². The van der Waals surface area contributed by atoms with Crippen LogP contribution < -0.4 is 10.0 Å². The van der Waals surface area contributed by atoms with Crippen LogP contribution in [0.2, 0.25) is 10.2 Å². The average molecular weight is 324 g/mol. The molecule has 0 bridgehead atoms. The van der Waals surface area contributed by atoms with E-state index in [1.165, 1.54) is 6.07 Å². The molecule has 1 unspecified atom stereocenters. The predicted octanol–water partition coefficient (Wildman–Crippen LogP) is 0.945. The number of nitrogens with one attached hydrogen (secondary N) is 2. The molecular formula is C10H11Cl2N3O3S. The van der Waals surface area contributed by atoms with E-state index in [1.807, 2.05) is 0 Å². The molecule has 0 aromatic carbocycles. The van der Waals surface area contributed by atoms with Crippen LogP contribution in [0.3, 0.4) is 0 Å². The zero-order chi connectivity index (χ0) is 14.0. The lowest BCUT2D eigenvalue weighted by molar-refractivity contribution is -0.124. The molecule has 1 aliphatic rings. The Hall–Kier alpha value is -0.890. The molecule has 0 radical (unpaired) electrons. The summed E-state index contributed by atoms with van der Waals surface area (Å²) >= 11 is 11.3. The Morgan fingerprint density at radius 3 is 2.79 bits per heavy atom. The van der Waals surface area contributed by atoms with Gasteiger partial charge in [-0.2, -0.15) is 4.72 Å². The van der Waals surface area contributed by atoms with Crippen molar-refractivity contribution >= 4 is 39.1 Å². The normalized spacial score (nSPS) is 20.1. The van der Waals surface area contributed by atoms with Gasteiger partial charge in [0.05, 0.1) is 5.02 Å². The molecule has 0 spiro atoms. The number of piperidine rings is 1. The molecule has 104 valence electrons. The zero-order valence-electron chi connectivity index (χ0n) is 9.69. The molecule has 0 saturated carbocycles. The van der Waals surface area contributed by atoms with Gasteiger partial charge in [0, 0.05) is 12.7 Å². The number of hydrogen-bond acceptors (Lipinski definition) is 4. The third kappa shape index (κ3) is 3.36. The molecule has 0 aliphatic carbocycles. The van der Waals surface area contributed by atoms with Crippen LogP contribution in [0.25, 0.3) is 0 Å². The van der Waals surface area contributed by atoms with Crippen LogP contribution in [0, 0.1) is 0 Å². The third-order valence-corrected chi connectivity index (χ3v) is 4.79. The number of sulfonamides is 1. The molecule has 19 heavy (non-hydrogen) atoms. The minimum atomic E-state index is -3.85. The van der Waals surface area contributed by atoms with E-state index < -0.39 is 16.1 Å². The number of nitrogens with zero attached hydrogens (tertiary/aromatic N) is 1. The van der Waals surface area contributed by atoms with Crippen LogP contribution in [-0.4, -0.2) is 31.9 Å². The Morgan fingerprint density at radius 1 is 1.42 bits per heavy atom. The van der Waals surface area contributed by atoms with Crippen molar-refractivity contribution in [3.63, 3.8) is 0 Å². The van der Waals surface area contributed by atoms with Crippen molar-refractivity contribution in [3.8, 4) is 0 Å². The van der Waals surface area contributed by atoms with Crippen LogP contribution in [0.4, 0.5) is 0 Å². The molecule has 1 atom stereocenters. The molecule has 9 heteroatoms. The van der Waals surface area contributed by atoms with Crippen LogP contribution in [-0.2, 0) is 14.8 Å². The van der Waals surface area contributed by atoms with E-state index in [-0.39, 0.29) is 21.0 Å². The van der Waals surface area contributed by atoms with E-state index in [1.54, 1.807) is 0 Å². The Balaban J connectivity index is 2.22. The van der Waals surface area contributed by atoms with Crippen molar-refractivity contribution < 1.29 is 13.2 Å². The van der Waals surface area contributed by atoms with Crippen LogP contribution in [0.1, 0.15) is 12.8 Å². The minimum absolute atomic E-state index is 0.0241. The fourth-order valence-corrected chi connectivity index (χ4v) is 3.22. The molecule has 1 amide bonds. The molecule has 1 aliphatic heterocycles. The summed E-state index contributed by atoms with van der Waals surface area (Å²) < 4.78 is 26.5. The molecule has 2 rings (SSSR count). The van der Waals surface area contributed by atoms with Crippen molar-refractivity contribution in [1.82, 2.24) is 15.0 Å². The number of aromatic nitrogens is 1. The standard InChI is InChI=1S/C10H11Cl2N3O3S/c11-7-4-6(5-14-9(7)12)19(17,18)15-8-2-1-3-13-10(8)16/h4-5,8,15H,1-3H2,(H,13,16). The number of halogens is 2.